The van der Waals surface area contributed by atoms with Crippen LogP contribution < -0.4 is 10.3 Å². The minimum Gasteiger partial charge on any atom is -0.497 e. The Kier molecular flexibility index (Phi) is 7.22. The van der Waals surface area contributed by atoms with Crippen LogP contribution in [0.4, 0.5) is 13.2 Å². The maximum absolute atomic E-state index is 13.1. The maximum atomic E-state index is 13.1. The summed E-state index contributed by atoms with van der Waals surface area (Å²) in [5, 5.41) is 15.6. The number of rotatable bonds is 8. The minimum absolute atomic E-state index is 0.174. The van der Waals surface area contributed by atoms with Gasteiger partial charge in [-0.1, -0.05) is 29.5 Å². The Hall–Kier alpha value is -4.26. The Balaban J connectivity index is 1.56. The number of halogens is 3. The molecule has 9 nitrogen and oxygen atoms in total. The zero-order chi connectivity index (χ0) is 27.7. The van der Waals surface area contributed by atoms with Crippen molar-refractivity contribution in [2.24, 2.45) is 0 Å². The van der Waals surface area contributed by atoms with Gasteiger partial charge in [-0.25, -0.2) is 13.1 Å². The van der Waals surface area contributed by atoms with E-state index < -0.39 is 44.8 Å². The van der Waals surface area contributed by atoms with Gasteiger partial charge in [-0.15, -0.1) is 5.10 Å². The Morgan fingerprint density at radius 3 is 2.18 bits per heavy atom. The third kappa shape index (κ3) is 5.37. The van der Waals surface area contributed by atoms with Crippen molar-refractivity contribution >= 4 is 26.7 Å². The Morgan fingerprint density at radius 2 is 1.63 bits per heavy atom. The third-order valence-electron chi connectivity index (χ3n) is 5.91. The number of carboxylic acid groups (broad SMARTS) is 1. The second-order valence-corrected chi connectivity index (χ2v) is 10.4. The van der Waals surface area contributed by atoms with Gasteiger partial charge in [-0.2, -0.15) is 13.2 Å². The molecule has 0 amide bonds. The van der Waals surface area contributed by atoms with E-state index in [2.05, 4.69) is 10.3 Å². The average Bonchev–Trinajstić information content (AvgIpc) is 2.89. The number of sulfone groups is 1. The molecule has 4 aromatic rings. The van der Waals surface area contributed by atoms with E-state index in [1.165, 1.54) is 55.6 Å². The lowest BCUT2D eigenvalue weighted by atomic mass is 10.0. The van der Waals surface area contributed by atoms with Crippen molar-refractivity contribution in [3.8, 4) is 16.9 Å². The quantitative estimate of drug-likeness (QED) is 0.353. The van der Waals surface area contributed by atoms with Gasteiger partial charge in [0.25, 0.3) is 5.56 Å². The highest BCUT2D eigenvalue weighted by Gasteiger charge is 2.34. The summed E-state index contributed by atoms with van der Waals surface area (Å²) < 4.78 is 70.6. The summed E-state index contributed by atoms with van der Waals surface area (Å²) >= 11 is 0. The lowest BCUT2D eigenvalue weighted by Gasteiger charge is -2.15. The lowest BCUT2D eigenvalue weighted by molar-refractivity contribution is -0.138. The Morgan fingerprint density at radius 1 is 1.03 bits per heavy atom. The molecule has 1 heterocycles. The second-order valence-electron chi connectivity index (χ2n) is 8.26. The van der Waals surface area contributed by atoms with Crippen molar-refractivity contribution in [1.29, 1.82) is 0 Å². The van der Waals surface area contributed by atoms with E-state index in [0.717, 1.165) is 16.8 Å². The summed E-state index contributed by atoms with van der Waals surface area (Å²) in [6, 6.07) is 14.0. The molecule has 0 fully saturated rings. The van der Waals surface area contributed by atoms with Gasteiger partial charge in [0, 0.05) is 6.54 Å². The van der Waals surface area contributed by atoms with Gasteiger partial charge in [0.15, 0.2) is 15.1 Å². The van der Waals surface area contributed by atoms with Crippen LogP contribution in [0.15, 0.2) is 76.4 Å². The fourth-order valence-electron chi connectivity index (χ4n) is 3.83. The monoisotopic (exact) mass is 547 g/mol. The van der Waals surface area contributed by atoms with Crippen LogP contribution in [0.3, 0.4) is 0 Å². The molecule has 198 valence electrons. The van der Waals surface area contributed by atoms with Gasteiger partial charge < -0.3 is 9.84 Å². The van der Waals surface area contributed by atoms with Crippen molar-refractivity contribution in [3.05, 3.63) is 82.6 Å². The van der Waals surface area contributed by atoms with Crippen LogP contribution in [0.5, 0.6) is 5.75 Å². The van der Waals surface area contributed by atoms with Crippen LogP contribution in [0.2, 0.25) is 0 Å². The lowest BCUT2D eigenvalue weighted by Crippen LogP contribution is -2.34. The van der Waals surface area contributed by atoms with Crippen LogP contribution in [0, 0.1) is 0 Å². The first-order chi connectivity index (χ1) is 17.9. The third-order valence-corrected chi connectivity index (χ3v) is 8.03. The molecular formula is C25H20F3N3O6S. The van der Waals surface area contributed by atoms with Crippen LogP contribution in [0.25, 0.3) is 22.0 Å². The Bertz CT molecular complexity index is 1650. The fourth-order valence-corrected chi connectivity index (χ4v) is 5.36. The topological polar surface area (TPSA) is 128 Å². The summed E-state index contributed by atoms with van der Waals surface area (Å²) in [6.45, 7) is -0.335. The number of hydrogen-bond acceptors (Lipinski definition) is 7. The largest absolute Gasteiger partial charge is 0.497 e. The maximum Gasteiger partial charge on any atom is 0.416 e. The molecule has 0 saturated heterocycles. The number of aliphatic carboxylic acids is 1. The second kappa shape index (κ2) is 10.2. The van der Waals surface area contributed by atoms with Crippen molar-refractivity contribution in [2.75, 3.05) is 7.11 Å². The van der Waals surface area contributed by atoms with Gasteiger partial charge in [0.2, 0.25) is 0 Å². The first kappa shape index (κ1) is 26.8. The zero-order valence-electron chi connectivity index (χ0n) is 19.7. The number of carboxylic acids is 1. The number of nitrogens with zero attached hydrogens (tertiary/aromatic N) is 3. The van der Waals surface area contributed by atoms with E-state index in [-0.39, 0.29) is 16.8 Å². The number of aromatic nitrogens is 3. The highest BCUT2D eigenvalue weighted by molar-refractivity contribution is 7.92. The summed E-state index contributed by atoms with van der Waals surface area (Å²) in [5.41, 5.74) is -0.251. The first-order valence-corrected chi connectivity index (χ1v) is 12.6. The molecular weight excluding hydrogens is 527 g/mol. The molecule has 0 spiro atoms. The number of hydrogen-bond donors (Lipinski definition) is 1. The van der Waals surface area contributed by atoms with E-state index in [1.54, 1.807) is 6.07 Å². The Labute approximate surface area is 214 Å². The molecule has 0 saturated carbocycles. The molecule has 13 heteroatoms. The van der Waals surface area contributed by atoms with Gasteiger partial charge in [0.1, 0.15) is 11.3 Å². The van der Waals surface area contributed by atoms with Crippen molar-refractivity contribution in [2.45, 2.75) is 29.3 Å². The molecule has 3 aromatic carbocycles. The molecule has 1 unspecified atom stereocenters. The van der Waals surface area contributed by atoms with Gasteiger partial charge in [-0.3, -0.25) is 9.59 Å². The zero-order valence-corrected chi connectivity index (χ0v) is 20.5. The molecule has 0 aliphatic rings. The molecule has 38 heavy (non-hydrogen) atoms. The molecule has 0 aliphatic carbocycles. The van der Waals surface area contributed by atoms with E-state index >= 15 is 0 Å². The number of aryl methyl sites for hydroxylation is 1. The molecule has 0 aliphatic heterocycles. The SMILES string of the molecule is COc1ccc2nnn(CCC(C(=O)O)S(=O)(=O)c3ccc(-c4ccc(C(F)(F)F)cc4)cc3)c(=O)c2c1. The molecule has 0 radical (unpaired) electrons. The predicted octanol–water partition coefficient (Wildman–Crippen LogP) is 3.80. The van der Waals surface area contributed by atoms with Crippen LogP contribution in [-0.4, -0.2) is 46.8 Å². The number of fused-ring (bicyclic) bond motifs is 1. The summed E-state index contributed by atoms with van der Waals surface area (Å²) in [4.78, 5) is 24.4. The van der Waals surface area contributed by atoms with E-state index in [0.29, 0.717) is 22.4 Å². The smallest absolute Gasteiger partial charge is 0.416 e. The van der Waals surface area contributed by atoms with Gasteiger partial charge in [0.05, 0.1) is 23.0 Å². The van der Waals surface area contributed by atoms with Gasteiger partial charge in [-0.05, 0) is 60.0 Å². The van der Waals surface area contributed by atoms with Crippen LogP contribution >= 0.6 is 0 Å². The summed E-state index contributed by atoms with van der Waals surface area (Å²) in [6.07, 6.45) is -4.96. The number of ether oxygens (including phenoxy) is 1. The van der Waals surface area contributed by atoms with Crippen molar-refractivity contribution in [3.63, 3.8) is 0 Å². The first-order valence-electron chi connectivity index (χ1n) is 11.1. The van der Waals surface area contributed by atoms with Gasteiger partial charge >= 0.3 is 12.1 Å². The fraction of sp³-hybridized carbons (Fsp3) is 0.200. The predicted molar refractivity (Wildman–Crippen MR) is 130 cm³/mol. The van der Waals surface area contributed by atoms with Crippen LogP contribution in [-0.2, 0) is 27.4 Å². The highest BCUT2D eigenvalue weighted by Crippen LogP contribution is 2.31. The molecule has 1 atom stereocenters. The van der Waals surface area contributed by atoms with E-state index in [4.69, 9.17) is 4.74 Å². The van der Waals surface area contributed by atoms with E-state index in [9.17, 15) is 36.3 Å². The van der Waals surface area contributed by atoms with Crippen molar-refractivity contribution in [1.82, 2.24) is 15.0 Å². The summed E-state index contributed by atoms with van der Waals surface area (Å²) in [7, 11) is -2.97. The number of carbonyl (C=O) groups is 1. The summed E-state index contributed by atoms with van der Waals surface area (Å²) in [5.74, 6) is -1.21. The average molecular weight is 548 g/mol. The van der Waals surface area contributed by atoms with E-state index in [1.807, 2.05) is 0 Å². The molecule has 0 bridgehead atoms. The molecule has 1 N–H and O–H groups in total. The number of benzene rings is 3. The molecule has 4 rings (SSSR count). The van der Waals surface area contributed by atoms with Crippen LogP contribution in [0.1, 0.15) is 12.0 Å². The molecule has 1 aromatic heterocycles. The number of alkyl halides is 3. The number of methoxy groups -OCH3 is 1. The minimum atomic E-state index is -4.49. The standard InChI is InChI=1S/C25H20F3N3O6S/c1-37-18-8-11-21-20(14-18)23(32)31(30-29-21)13-12-22(24(33)34)38(35,36)19-9-4-16(5-10-19)15-2-6-17(7-3-15)25(26,27)28/h2-11,14,22H,12-13H2,1H3,(H,33,34). The normalized spacial score (nSPS) is 12.8. The van der Waals surface area contributed by atoms with Crippen molar-refractivity contribution < 1.29 is 36.2 Å². The highest BCUT2D eigenvalue weighted by atomic mass is 32.2.